The van der Waals surface area contributed by atoms with Crippen molar-refractivity contribution in [2.75, 3.05) is 6.26 Å². The molecule has 4 rings (SSSR count). The fourth-order valence-corrected chi connectivity index (χ4v) is 3.77. The van der Waals surface area contributed by atoms with Crippen molar-refractivity contribution in [1.82, 2.24) is 20.3 Å². The fourth-order valence-electron chi connectivity index (χ4n) is 3.14. The first-order valence-electron chi connectivity index (χ1n) is 10.8. The van der Waals surface area contributed by atoms with Crippen LogP contribution in [0.2, 0.25) is 0 Å². The lowest BCUT2D eigenvalue weighted by atomic mass is 9.97. The highest BCUT2D eigenvalue weighted by Crippen LogP contribution is 2.29. The van der Waals surface area contributed by atoms with E-state index >= 15 is 0 Å². The fraction of sp³-hybridized carbons (Fsp3) is 0.333. The zero-order valence-corrected chi connectivity index (χ0v) is 20.5. The lowest BCUT2D eigenvalue weighted by Crippen LogP contribution is -2.11. The molecule has 0 bridgehead atoms. The monoisotopic (exact) mass is 482 g/mol. The van der Waals surface area contributed by atoms with Gasteiger partial charge in [0.1, 0.15) is 5.75 Å². The molecule has 0 aliphatic carbocycles. The van der Waals surface area contributed by atoms with E-state index in [2.05, 4.69) is 20.3 Å². The lowest BCUT2D eigenvalue weighted by Gasteiger charge is -2.13. The highest BCUT2D eigenvalue weighted by molar-refractivity contribution is 7.90. The molecule has 0 N–H and O–H groups in total. The van der Waals surface area contributed by atoms with Gasteiger partial charge in [-0.3, -0.25) is 0 Å². The molecule has 9 nitrogen and oxygen atoms in total. The second-order valence-corrected chi connectivity index (χ2v) is 11.0. The normalized spacial score (nSPS) is 13.1. The van der Waals surface area contributed by atoms with Crippen LogP contribution >= 0.6 is 0 Å². The van der Waals surface area contributed by atoms with Crippen LogP contribution in [0.1, 0.15) is 52.0 Å². The quantitative estimate of drug-likeness (QED) is 0.357. The summed E-state index contributed by atoms with van der Waals surface area (Å²) in [6.45, 7) is 8.00. The zero-order valence-electron chi connectivity index (χ0n) is 19.6. The van der Waals surface area contributed by atoms with E-state index in [0.29, 0.717) is 41.2 Å². The van der Waals surface area contributed by atoms with E-state index in [1.54, 1.807) is 12.1 Å². The molecule has 4 aromatic rings. The third kappa shape index (κ3) is 5.17. The maximum Gasteiger partial charge on any atom is 0.268 e. The van der Waals surface area contributed by atoms with Crippen LogP contribution in [0.15, 0.2) is 62.5 Å². The minimum atomic E-state index is -3.27. The number of hydrogen-bond donors (Lipinski definition) is 0. The highest BCUT2D eigenvalue weighted by atomic mass is 32.2. The Labute approximate surface area is 198 Å². The molecular formula is C24H26N4O5S. The maximum absolute atomic E-state index is 11.7. The molecule has 0 aliphatic heterocycles. The van der Waals surface area contributed by atoms with Gasteiger partial charge in [0.25, 0.3) is 5.89 Å². The molecule has 0 saturated heterocycles. The maximum atomic E-state index is 11.7. The Bertz CT molecular complexity index is 1370. The Hall–Kier alpha value is -3.53. The molecular weight excluding hydrogens is 456 g/mol. The predicted molar refractivity (Wildman–Crippen MR) is 125 cm³/mol. The average molecular weight is 483 g/mol. The molecule has 0 spiro atoms. The molecule has 0 radical (unpaired) electrons. The number of rotatable bonds is 7. The first-order chi connectivity index (χ1) is 16.0. The van der Waals surface area contributed by atoms with Crippen LogP contribution in [0.5, 0.6) is 5.75 Å². The number of hydrogen-bond acceptors (Lipinski definition) is 9. The number of ether oxygens (including phenoxy) is 1. The molecule has 2 aromatic carbocycles. The molecule has 0 fully saturated rings. The molecule has 0 saturated carbocycles. The summed E-state index contributed by atoms with van der Waals surface area (Å²) >= 11 is 0. The van der Waals surface area contributed by atoms with Crippen molar-refractivity contribution in [3.05, 3.63) is 60.3 Å². The summed E-state index contributed by atoms with van der Waals surface area (Å²) < 4.78 is 40.2. The van der Waals surface area contributed by atoms with Gasteiger partial charge in [0.15, 0.2) is 15.9 Å². The van der Waals surface area contributed by atoms with Gasteiger partial charge in [-0.15, -0.1) is 0 Å². The summed E-state index contributed by atoms with van der Waals surface area (Å²) in [5.41, 5.74) is 1.25. The van der Waals surface area contributed by atoms with Gasteiger partial charge >= 0.3 is 0 Å². The van der Waals surface area contributed by atoms with Gasteiger partial charge in [-0.2, -0.15) is 9.97 Å². The Morgan fingerprint density at radius 2 is 1.44 bits per heavy atom. The van der Waals surface area contributed by atoms with Gasteiger partial charge < -0.3 is 13.8 Å². The van der Waals surface area contributed by atoms with Crippen LogP contribution in [0.25, 0.3) is 22.8 Å². The van der Waals surface area contributed by atoms with Crippen molar-refractivity contribution < 1.29 is 22.2 Å². The van der Waals surface area contributed by atoms with Crippen LogP contribution in [0, 0.1) is 0 Å². The summed E-state index contributed by atoms with van der Waals surface area (Å²) in [5.74, 6) is 2.42. The minimum absolute atomic E-state index is 0.221. The molecule has 0 aliphatic rings. The van der Waals surface area contributed by atoms with E-state index in [-0.39, 0.29) is 10.3 Å². The number of aromatic nitrogens is 4. The number of benzene rings is 2. The first kappa shape index (κ1) is 23.6. The van der Waals surface area contributed by atoms with Crippen molar-refractivity contribution in [3.63, 3.8) is 0 Å². The van der Waals surface area contributed by atoms with Crippen LogP contribution in [0.4, 0.5) is 0 Å². The third-order valence-electron chi connectivity index (χ3n) is 5.09. The Kier molecular flexibility index (Phi) is 6.26. The van der Waals surface area contributed by atoms with E-state index in [9.17, 15) is 8.42 Å². The van der Waals surface area contributed by atoms with Crippen LogP contribution < -0.4 is 4.74 Å². The summed E-state index contributed by atoms with van der Waals surface area (Å²) in [4.78, 5) is 9.15. The molecule has 2 aromatic heterocycles. The Morgan fingerprint density at radius 1 is 0.882 bits per heavy atom. The van der Waals surface area contributed by atoms with E-state index in [4.69, 9.17) is 13.8 Å². The summed E-state index contributed by atoms with van der Waals surface area (Å²) in [6, 6.07) is 13.7. The lowest BCUT2D eigenvalue weighted by molar-refractivity contribution is 0.154. The molecule has 34 heavy (non-hydrogen) atoms. The van der Waals surface area contributed by atoms with Crippen molar-refractivity contribution in [1.29, 1.82) is 0 Å². The number of nitrogens with zero attached hydrogens (tertiary/aromatic N) is 4. The van der Waals surface area contributed by atoms with E-state index in [0.717, 1.165) is 11.8 Å². The highest BCUT2D eigenvalue weighted by Gasteiger charge is 2.23. The van der Waals surface area contributed by atoms with Gasteiger partial charge in [0.05, 0.1) is 4.90 Å². The third-order valence-corrected chi connectivity index (χ3v) is 6.22. The predicted octanol–water partition coefficient (Wildman–Crippen LogP) is 5.02. The van der Waals surface area contributed by atoms with Crippen molar-refractivity contribution >= 4 is 9.84 Å². The molecule has 10 heteroatoms. The SMILES string of the molecule is CCC(Oc1ccc(-c2noc(C(C)(C)C)n2)cc1)c1nc(-c2ccc(S(C)(=O)=O)cc2)no1. The Balaban J connectivity index is 1.47. The standard InChI is InChI=1S/C24H26N4O5S/c1-6-19(22-25-20(27-32-22)16-9-13-18(14-10-16)34(5,29)30)31-17-11-7-15(8-12-17)21-26-23(33-28-21)24(2,3)4/h7-14,19H,6H2,1-5H3. The molecule has 1 unspecified atom stereocenters. The average Bonchev–Trinajstić information content (AvgIpc) is 3.48. The second-order valence-electron chi connectivity index (χ2n) is 8.97. The van der Waals surface area contributed by atoms with Gasteiger partial charge in [-0.05, 0) is 55.0 Å². The van der Waals surface area contributed by atoms with Gasteiger partial charge in [0.2, 0.25) is 17.5 Å². The largest absolute Gasteiger partial charge is 0.481 e. The van der Waals surface area contributed by atoms with Crippen molar-refractivity contribution in [2.24, 2.45) is 0 Å². The molecule has 2 heterocycles. The van der Waals surface area contributed by atoms with Crippen LogP contribution in [0.3, 0.4) is 0 Å². The van der Waals surface area contributed by atoms with Crippen LogP contribution in [-0.2, 0) is 15.3 Å². The van der Waals surface area contributed by atoms with Gasteiger partial charge in [-0.1, -0.05) is 38.0 Å². The second kappa shape index (κ2) is 9.02. The summed E-state index contributed by atoms with van der Waals surface area (Å²) in [6.07, 6.45) is 1.33. The van der Waals surface area contributed by atoms with Gasteiger partial charge in [-0.25, -0.2) is 8.42 Å². The molecule has 178 valence electrons. The van der Waals surface area contributed by atoms with E-state index < -0.39 is 15.9 Å². The summed E-state index contributed by atoms with van der Waals surface area (Å²) in [5, 5.41) is 8.09. The molecule has 1 atom stereocenters. The van der Waals surface area contributed by atoms with Crippen molar-refractivity contribution in [3.8, 4) is 28.5 Å². The number of sulfone groups is 1. The van der Waals surface area contributed by atoms with E-state index in [1.165, 1.54) is 12.1 Å². The molecule has 0 amide bonds. The van der Waals surface area contributed by atoms with Gasteiger partial charge in [0, 0.05) is 22.8 Å². The smallest absolute Gasteiger partial charge is 0.268 e. The first-order valence-corrected chi connectivity index (χ1v) is 12.7. The minimum Gasteiger partial charge on any atom is -0.481 e. The summed E-state index contributed by atoms with van der Waals surface area (Å²) in [7, 11) is -3.27. The van der Waals surface area contributed by atoms with Crippen molar-refractivity contribution in [2.45, 2.75) is 50.5 Å². The van der Waals surface area contributed by atoms with Crippen LogP contribution in [-0.4, -0.2) is 35.0 Å². The van der Waals surface area contributed by atoms with E-state index in [1.807, 2.05) is 52.0 Å². The topological polar surface area (TPSA) is 121 Å². The Morgan fingerprint density at radius 3 is 1.97 bits per heavy atom. The zero-order chi connectivity index (χ0) is 24.5.